The molecule has 1 aliphatic heterocycles. The molecule has 9 aromatic rings. The number of rotatable bonds is 7. The van der Waals surface area contributed by atoms with Gasteiger partial charge in [0.05, 0.1) is 34.4 Å². The summed E-state index contributed by atoms with van der Waals surface area (Å²) in [6.07, 6.45) is 2.36. The van der Waals surface area contributed by atoms with Crippen LogP contribution in [-0.2, 0) is 10.8 Å². The number of aromatic nitrogens is 3. The van der Waals surface area contributed by atoms with Crippen molar-refractivity contribution in [3.63, 3.8) is 0 Å². The molecule has 0 radical (unpaired) electrons. The summed E-state index contributed by atoms with van der Waals surface area (Å²) in [4.78, 5) is 10.3. The monoisotopic (exact) mass is 867 g/mol. The van der Waals surface area contributed by atoms with Crippen LogP contribution in [0, 0.1) is 19.3 Å². The predicted molar refractivity (Wildman–Crippen MR) is 278 cm³/mol. The van der Waals surface area contributed by atoms with Crippen LogP contribution in [0.15, 0.2) is 164 Å². The van der Waals surface area contributed by atoms with Gasteiger partial charge >= 0.3 is 0 Å². The maximum Gasteiger partial charge on any atom is 0.220 e. The van der Waals surface area contributed by atoms with E-state index in [4.69, 9.17) is 9.72 Å². The molecule has 0 saturated heterocycles. The summed E-state index contributed by atoms with van der Waals surface area (Å²) in [5.74, 6) is 2.36. The highest BCUT2D eigenvalue weighted by Crippen LogP contribution is 2.44. The van der Waals surface area contributed by atoms with Crippen molar-refractivity contribution in [3.05, 3.63) is 186 Å². The quantitative estimate of drug-likeness (QED) is 0.160. The number of benzene rings is 7. The second-order valence-electron chi connectivity index (χ2n) is 21.3. The third-order valence-corrected chi connectivity index (χ3v) is 13.2. The van der Waals surface area contributed by atoms with Crippen LogP contribution in [0.3, 0.4) is 0 Å². The highest BCUT2D eigenvalue weighted by Gasteiger charge is 2.33. The van der Waals surface area contributed by atoms with E-state index in [2.05, 4.69) is 253 Å². The lowest BCUT2D eigenvalue weighted by molar-refractivity contribution is 0.481. The third-order valence-electron chi connectivity index (χ3n) is 13.2. The van der Waals surface area contributed by atoms with E-state index in [0.29, 0.717) is 6.67 Å². The zero-order chi connectivity index (χ0) is 46.3. The molecule has 66 heavy (non-hydrogen) atoms. The summed E-state index contributed by atoms with van der Waals surface area (Å²) < 4.78 is 11.7. The Kier molecular flexibility index (Phi) is 10.3. The Hall–Kier alpha value is -7.05. The summed E-state index contributed by atoms with van der Waals surface area (Å²) in [6, 6.07) is 54.6. The van der Waals surface area contributed by atoms with Gasteiger partial charge in [0.15, 0.2) is 0 Å². The highest BCUT2D eigenvalue weighted by molar-refractivity contribution is 6.09. The van der Waals surface area contributed by atoms with Crippen molar-refractivity contribution in [2.24, 2.45) is 5.41 Å². The first-order valence-electron chi connectivity index (χ1n) is 23.3. The Balaban J connectivity index is 1.11. The SMILES string of the molecule is Cc1cccc(C)c1-n1c(-n2c3ccccc3c3ccc(Oc4cc(-c5ccccc5)cc(N5CN(c6cc(C(C)(C)C)cc(C(C)(C)C)c6)C=C5C(C)(C)C)c4)cc32)nc2ccccc21. The summed E-state index contributed by atoms with van der Waals surface area (Å²) in [5, 5.41) is 2.30. The molecule has 6 nitrogen and oxygen atoms in total. The number of fused-ring (bicyclic) bond motifs is 4. The first-order chi connectivity index (χ1) is 31.4. The first-order valence-corrected chi connectivity index (χ1v) is 23.3. The fourth-order valence-electron chi connectivity index (χ4n) is 9.61. The number of para-hydroxylation sites is 4. The highest BCUT2D eigenvalue weighted by atomic mass is 16.5. The summed E-state index contributed by atoms with van der Waals surface area (Å²) in [5.41, 5.74) is 16.0. The molecule has 0 aliphatic carbocycles. The third kappa shape index (κ3) is 7.72. The van der Waals surface area contributed by atoms with E-state index in [0.717, 1.165) is 72.8 Å². The van der Waals surface area contributed by atoms with Crippen molar-refractivity contribution in [3.8, 4) is 34.3 Å². The normalized spacial score (nSPS) is 13.7. The van der Waals surface area contributed by atoms with Gasteiger partial charge in [-0.15, -0.1) is 0 Å². The number of anilines is 2. The zero-order valence-corrected chi connectivity index (χ0v) is 40.4. The van der Waals surface area contributed by atoms with Gasteiger partial charge in [-0.2, -0.15) is 0 Å². The molecule has 0 atom stereocenters. The van der Waals surface area contributed by atoms with Crippen molar-refractivity contribution >= 4 is 44.2 Å². The molecule has 0 fully saturated rings. The molecular weight excluding hydrogens is 807 g/mol. The van der Waals surface area contributed by atoms with Gasteiger partial charge < -0.3 is 14.5 Å². The van der Waals surface area contributed by atoms with Gasteiger partial charge in [0.2, 0.25) is 5.95 Å². The number of hydrogen-bond acceptors (Lipinski definition) is 4. The van der Waals surface area contributed by atoms with Gasteiger partial charge in [0.25, 0.3) is 0 Å². The van der Waals surface area contributed by atoms with E-state index in [1.807, 2.05) is 0 Å². The summed E-state index contributed by atoms with van der Waals surface area (Å²) in [7, 11) is 0. The van der Waals surface area contributed by atoms with Gasteiger partial charge in [-0.25, -0.2) is 4.98 Å². The Morgan fingerprint density at radius 3 is 1.80 bits per heavy atom. The number of nitrogens with zero attached hydrogens (tertiary/aromatic N) is 5. The standard InChI is InChI=1S/C60H61N5O/c1-39-20-19-21-40(2)56(39)65-53-27-18-16-25-51(53)61-57(65)64-52-26-17-15-24-49(52)50-29-28-47(36-54(50)64)66-48-31-42(41-22-13-12-14-23-41)30-46(35-48)63-38-62(37-55(63)60(9,10)11)45-33-43(58(3,4)5)32-44(34-45)59(6,7)8/h12-37H,38H2,1-11H3. The number of allylic oxidation sites excluding steroid dienone is 1. The lowest BCUT2D eigenvalue weighted by Crippen LogP contribution is -2.31. The molecule has 3 heterocycles. The largest absolute Gasteiger partial charge is 0.457 e. The average molecular weight is 868 g/mol. The number of aryl methyl sites for hydroxylation is 2. The molecule has 6 heteroatoms. The lowest BCUT2D eigenvalue weighted by atomic mass is 9.80. The molecule has 0 spiro atoms. The van der Waals surface area contributed by atoms with Crippen LogP contribution < -0.4 is 14.5 Å². The maximum absolute atomic E-state index is 7.09. The van der Waals surface area contributed by atoms with E-state index in [-0.39, 0.29) is 16.2 Å². The van der Waals surface area contributed by atoms with Crippen LogP contribution in [0.4, 0.5) is 11.4 Å². The van der Waals surface area contributed by atoms with E-state index < -0.39 is 0 Å². The van der Waals surface area contributed by atoms with Gasteiger partial charge in [-0.05, 0) is 113 Å². The van der Waals surface area contributed by atoms with Gasteiger partial charge in [-0.3, -0.25) is 9.13 Å². The predicted octanol–water partition coefficient (Wildman–Crippen LogP) is 16.0. The molecule has 7 aromatic carbocycles. The molecule has 1 aliphatic rings. The first kappa shape index (κ1) is 42.9. The van der Waals surface area contributed by atoms with Gasteiger partial charge in [0.1, 0.15) is 11.5 Å². The van der Waals surface area contributed by atoms with Crippen LogP contribution in [0.25, 0.3) is 55.6 Å². The number of imidazole rings is 1. The van der Waals surface area contributed by atoms with E-state index >= 15 is 0 Å². The van der Waals surface area contributed by atoms with Crippen molar-refractivity contribution in [1.29, 1.82) is 0 Å². The molecule has 0 unspecified atom stereocenters. The Bertz CT molecular complexity index is 3290. The lowest BCUT2D eigenvalue weighted by Gasteiger charge is -2.32. The second kappa shape index (κ2) is 15.8. The molecule has 0 bridgehead atoms. The van der Waals surface area contributed by atoms with Crippen LogP contribution >= 0.6 is 0 Å². The molecule has 332 valence electrons. The molecule has 0 amide bonds. The minimum absolute atomic E-state index is 0.00847. The Morgan fingerprint density at radius 1 is 0.485 bits per heavy atom. The van der Waals surface area contributed by atoms with Gasteiger partial charge in [0, 0.05) is 51.6 Å². The zero-order valence-electron chi connectivity index (χ0n) is 40.4. The van der Waals surface area contributed by atoms with Gasteiger partial charge in [-0.1, -0.05) is 147 Å². The average Bonchev–Trinajstić information content (AvgIpc) is 3.99. The summed E-state index contributed by atoms with van der Waals surface area (Å²) in [6.45, 7) is 25.8. The van der Waals surface area contributed by atoms with Crippen LogP contribution in [-0.4, -0.2) is 20.8 Å². The van der Waals surface area contributed by atoms with E-state index in [9.17, 15) is 0 Å². The van der Waals surface area contributed by atoms with Crippen molar-refractivity contribution < 1.29 is 4.74 Å². The second-order valence-corrected chi connectivity index (χ2v) is 21.3. The maximum atomic E-state index is 7.09. The molecule has 0 saturated carbocycles. The number of hydrogen-bond donors (Lipinski definition) is 0. The fraction of sp³-hybridized carbons (Fsp3) is 0.250. The molecule has 2 aromatic heterocycles. The smallest absolute Gasteiger partial charge is 0.220 e. The van der Waals surface area contributed by atoms with Crippen molar-refractivity contribution in [1.82, 2.24) is 14.1 Å². The molecule has 0 N–H and O–H groups in total. The molecule has 10 rings (SSSR count). The Morgan fingerprint density at radius 2 is 1.12 bits per heavy atom. The number of ether oxygens (including phenoxy) is 1. The van der Waals surface area contributed by atoms with Crippen LogP contribution in [0.1, 0.15) is 84.6 Å². The Labute approximate surface area is 390 Å². The molecular formula is C60H61N5O. The summed E-state index contributed by atoms with van der Waals surface area (Å²) >= 11 is 0. The van der Waals surface area contributed by atoms with E-state index in [1.165, 1.54) is 33.6 Å². The topological polar surface area (TPSA) is 38.5 Å². The van der Waals surface area contributed by atoms with Crippen molar-refractivity contribution in [2.75, 3.05) is 16.5 Å². The minimum atomic E-state index is -0.140. The fourth-order valence-corrected chi connectivity index (χ4v) is 9.61. The van der Waals surface area contributed by atoms with Crippen molar-refractivity contribution in [2.45, 2.75) is 87.0 Å². The van der Waals surface area contributed by atoms with Crippen LogP contribution in [0.2, 0.25) is 0 Å². The van der Waals surface area contributed by atoms with Crippen LogP contribution in [0.5, 0.6) is 11.5 Å². The minimum Gasteiger partial charge on any atom is -0.457 e. The van der Waals surface area contributed by atoms with E-state index in [1.54, 1.807) is 0 Å².